The molecule has 2 aliphatic rings. The van der Waals surface area contributed by atoms with Crippen molar-refractivity contribution >= 4 is 0 Å². The fraction of sp³-hybridized carbons (Fsp3) is 0.571. The van der Waals surface area contributed by atoms with Crippen LogP contribution in [-0.2, 0) is 0 Å². The Kier molecular flexibility index (Phi) is 3.40. The fourth-order valence-corrected chi connectivity index (χ4v) is 2.52. The summed E-state index contributed by atoms with van der Waals surface area (Å²) in [5.74, 6) is 1.47. The second kappa shape index (κ2) is 4.78. The van der Waals surface area contributed by atoms with Gasteiger partial charge >= 0.3 is 0 Å². The van der Waals surface area contributed by atoms with Crippen molar-refractivity contribution in [3.8, 4) is 0 Å². The number of hydrogen-bond acceptors (Lipinski definition) is 0. The summed E-state index contributed by atoms with van der Waals surface area (Å²) in [6, 6.07) is 0. The average molecular weight is 206 g/mol. The van der Waals surface area contributed by atoms with Crippen LogP contribution < -0.4 is 0 Å². The van der Waals surface area contributed by atoms with Crippen molar-refractivity contribution in [2.24, 2.45) is 11.8 Å². The van der Waals surface area contributed by atoms with Crippen LogP contribution in [-0.4, -0.2) is 0 Å². The highest BCUT2D eigenvalue weighted by molar-refractivity contribution is 5.31. The molecule has 82 valence electrons. The van der Waals surface area contributed by atoms with Gasteiger partial charge < -0.3 is 0 Å². The van der Waals surface area contributed by atoms with E-state index in [1.54, 1.807) is 12.2 Å². The molecular weight excluding hydrogens is 187 g/mol. The van der Waals surface area contributed by atoms with Crippen molar-refractivity contribution in [2.45, 2.75) is 39.0 Å². The molecular formula is C14H19F. The minimum absolute atomic E-state index is 0.0922. The maximum absolute atomic E-state index is 13.0. The Morgan fingerprint density at radius 2 is 1.80 bits per heavy atom. The zero-order valence-electron chi connectivity index (χ0n) is 9.38. The van der Waals surface area contributed by atoms with Gasteiger partial charge in [0, 0.05) is 0 Å². The summed E-state index contributed by atoms with van der Waals surface area (Å²) in [5, 5.41) is 0. The standard InChI is InChI=1S/C14H19F/c1-11-5-7-13(8-6-11)12-3-2-4-14(15)10-9-12/h3-4,9-11,13H,2,5-8H2,1H3. The summed E-state index contributed by atoms with van der Waals surface area (Å²) in [4.78, 5) is 0. The number of halogens is 1. The molecule has 0 nitrogen and oxygen atoms in total. The van der Waals surface area contributed by atoms with Gasteiger partial charge in [-0.1, -0.05) is 31.9 Å². The van der Waals surface area contributed by atoms with E-state index in [0.717, 1.165) is 12.3 Å². The summed E-state index contributed by atoms with van der Waals surface area (Å²) in [7, 11) is 0. The van der Waals surface area contributed by atoms with E-state index >= 15 is 0 Å². The molecule has 0 saturated heterocycles. The maximum Gasteiger partial charge on any atom is 0.119 e. The first-order chi connectivity index (χ1) is 7.25. The van der Waals surface area contributed by atoms with Crippen molar-refractivity contribution in [3.05, 3.63) is 35.7 Å². The Hall–Kier alpha value is -0.850. The topological polar surface area (TPSA) is 0 Å². The maximum atomic E-state index is 13.0. The minimum atomic E-state index is -0.0922. The molecule has 0 aromatic carbocycles. The third-order valence-corrected chi connectivity index (χ3v) is 3.59. The Labute approximate surface area is 91.6 Å². The Morgan fingerprint density at radius 3 is 2.53 bits per heavy atom. The zero-order chi connectivity index (χ0) is 10.7. The molecule has 0 unspecified atom stereocenters. The Bertz CT molecular complexity index is 301. The van der Waals surface area contributed by atoms with Crippen LogP contribution >= 0.6 is 0 Å². The summed E-state index contributed by atoms with van der Waals surface area (Å²) < 4.78 is 13.0. The first kappa shape index (κ1) is 10.7. The lowest BCUT2D eigenvalue weighted by atomic mass is 9.79. The minimum Gasteiger partial charge on any atom is -0.207 e. The van der Waals surface area contributed by atoms with Crippen molar-refractivity contribution in [1.82, 2.24) is 0 Å². The van der Waals surface area contributed by atoms with Crippen molar-refractivity contribution in [1.29, 1.82) is 0 Å². The van der Waals surface area contributed by atoms with Crippen LogP contribution in [0.3, 0.4) is 0 Å². The van der Waals surface area contributed by atoms with Gasteiger partial charge in [-0.2, -0.15) is 0 Å². The highest BCUT2D eigenvalue weighted by atomic mass is 19.1. The average Bonchev–Trinajstić information content (AvgIpc) is 2.44. The zero-order valence-corrected chi connectivity index (χ0v) is 9.38. The van der Waals surface area contributed by atoms with E-state index in [-0.39, 0.29) is 5.83 Å². The van der Waals surface area contributed by atoms with E-state index in [1.807, 2.05) is 6.08 Å². The van der Waals surface area contributed by atoms with E-state index in [9.17, 15) is 4.39 Å². The third-order valence-electron chi connectivity index (χ3n) is 3.59. The van der Waals surface area contributed by atoms with Gasteiger partial charge in [-0.15, -0.1) is 0 Å². The van der Waals surface area contributed by atoms with E-state index in [1.165, 1.54) is 31.3 Å². The number of rotatable bonds is 1. The molecule has 0 heterocycles. The lowest BCUT2D eigenvalue weighted by molar-refractivity contribution is 0.323. The summed E-state index contributed by atoms with van der Waals surface area (Å²) in [5.41, 5.74) is 1.35. The highest BCUT2D eigenvalue weighted by Gasteiger charge is 2.20. The molecule has 1 fully saturated rings. The van der Waals surface area contributed by atoms with Crippen molar-refractivity contribution in [2.75, 3.05) is 0 Å². The van der Waals surface area contributed by atoms with Gasteiger partial charge in [0.2, 0.25) is 0 Å². The van der Waals surface area contributed by atoms with Crippen LogP contribution in [0.25, 0.3) is 0 Å². The predicted molar refractivity (Wildman–Crippen MR) is 62.2 cm³/mol. The molecule has 0 amide bonds. The molecule has 2 aliphatic carbocycles. The third kappa shape index (κ3) is 2.80. The molecule has 1 saturated carbocycles. The van der Waals surface area contributed by atoms with Crippen molar-refractivity contribution < 1.29 is 4.39 Å². The molecule has 0 aromatic rings. The lowest BCUT2D eigenvalue weighted by Crippen LogP contribution is -2.13. The van der Waals surface area contributed by atoms with Gasteiger partial charge in [-0.05, 0) is 48.8 Å². The molecule has 0 spiro atoms. The van der Waals surface area contributed by atoms with Crippen LogP contribution in [0.2, 0.25) is 0 Å². The van der Waals surface area contributed by atoms with Crippen molar-refractivity contribution in [3.63, 3.8) is 0 Å². The van der Waals surface area contributed by atoms with Gasteiger partial charge in [0.25, 0.3) is 0 Å². The van der Waals surface area contributed by atoms with Gasteiger partial charge in [0.1, 0.15) is 5.83 Å². The van der Waals surface area contributed by atoms with Crippen LogP contribution in [0.1, 0.15) is 39.0 Å². The Balaban J connectivity index is 2.00. The van der Waals surface area contributed by atoms with Crippen LogP contribution in [0.4, 0.5) is 4.39 Å². The first-order valence-corrected chi connectivity index (χ1v) is 5.99. The molecule has 0 radical (unpaired) electrons. The molecule has 0 N–H and O–H groups in total. The lowest BCUT2D eigenvalue weighted by Gasteiger charge is -2.27. The number of allylic oxidation sites excluding steroid dienone is 6. The van der Waals surface area contributed by atoms with Crippen LogP contribution in [0, 0.1) is 11.8 Å². The van der Waals surface area contributed by atoms with Gasteiger partial charge in [0.05, 0.1) is 0 Å². The van der Waals surface area contributed by atoms with Gasteiger partial charge in [-0.3, -0.25) is 0 Å². The monoisotopic (exact) mass is 206 g/mol. The van der Waals surface area contributed by atoms with Gasteiger partial charge in [-0.25, -0.2) is 4.39 Å². The van der Waals surface area contributed by atoms with Gasteiger partial charge in [0.15, 0.2) is 0 Å². The first-order valence-electron chi connectivity index (χ1n) is 5.99. The van der Waals surface area contributed by atoms with E-state index < -0.39 is 0 Å². The normalized spacial score (nSPS) is 31.9. The number of hydrogen-bond donors (Lipinski definition) is 0. The van der Waals surface area contributed by atoms with Crippen LogP contribution in [0.5, 0.6) is 0 Å². The second-order valence-electron chi connectivity index (χ2n) is 4.82. The molecule has 0 aromatic heterocycles. The SMILES string of the molecule is CC1CCC(C2=CCC=C(F)C=C2)CC1. The summed E-state index contributed by atoms with van der Waals surface area (Å²) >= 11 is 0. The van der Waals surface area contributed by atoms with Crippen LogP contribution in [0.15, 0.2) is 35.7 Å². The molecule has 2 rings (SSSR count). The molecule has 0 atom stereocenters. The second-order valence-corrected chi connectivity index (χ2v) is 4.82. The molecule has 1 heteroatoms. The fourth-order valence-electron chi connectivity index (χ4n) is 2.52. The van der Waals surface area contributed by atoms with E-state index in [2.05, 4.69) is 13.0 Å². The summed E-state index contributed by atoms with van der Waals surface area (Å²) in [6.07, 6.45) is 13.4. The predicted octanol–water partition coefficient (Wildman–Crippen LogP) is 4.55. The Morgan fingerprint density at radius 1 is 1.07 bits per heavy atom. The highest BCUT2D eigenvalue weighted by Crippen LogP contribution is 2.34. The quantitative estimate of drug-likeness (QED) is 0.590. The van der Waals surface area contributed by atoms with E-state index in [0.29, 0.717) is 5.92 Å². The van der Waals surface area contributed by atoms with E-state index in [4.69, 9.17) is 0 Å². The molecule has 0 bridgehead atoms. The molecule has 0 aliphatic heterocycles. The largest absolute Gasteiger partial charge is 0.207 e. The smallest absolute Gasteiger partial charge is 0.119 e. The summed E-state index contributed by atoms with van der Waals surface area (Å²) in [6.45, 7) is 2.33. The molecule has 15 heavy (non-hydrogen) atoms.